The van der Waals surface area contributed by atoms with Crippen LogP contribution in [0.3, 0.4) is 0 Å². The summed E-state index contributed by atoms with van der Waals surface area (Å²) in [5, 5.41) is 2.51. The summed E-state index contributed by atoms with van der Waals surface area (Å²) in [6, 6.07) is 17.4. The first-order chi connectivity index (χ1) is 6.43. The van der Waals surface area contributed by atoms with Crippen molar-refractivity contribution in [3.8, 4) is 0 Å². The SMILES string of the molecule is O=CN[c-]1cccc1.[Fe].[cH-]1[cH-][cH-][cH-][cH-]1. The molecule has 0 aromatic heterocycles. The van der Waals surface area contributed by atoms with Gasteiger partial charge in [-0.25, -0.2) is 0 Å². The zero-order valence-electron chi connectivity index (χ0n) is 7.54. The number of amides is 1. The van der Waals surface area contributed by atoms with Gasteiger partial charge in [0, 0.05) is 17.1 Å². The summed E-state index contributed by atoms with van der Waals surface area (Å²) >= 11 is 0. The molecule has 0 fully saturated rings. The summed E-state index contributed by atoms with van der Waals surface area (Å²) in [5.74, 6) is 0. The molecule has 0 saturated carbocycles. The van der Waals surface area contributed by atoms with Gasteiger partial charge in [-0.15, -0.1) is 12.1 Å². The molecule has 0 atom stereocenters. The van der Waals surface area contributed by atoms with Gasteiger partial charge in [-0.2, -0.15) is 12.1 Å². The molecular weight excluding hydrogens is 218 g/mol. The van der Waals surface area contributed by atoms with Crippen LogP contribution in [-0.4, -0.2) is 6.41 Å². The Bertz CT molecular complexity index is 283. The van der Waals surface area contributed by atoms with Crippen molar-refractivity contribution in [1.82, 2.24) is 0 Å². The van der Waals surface area contributed by atoms with Gasteiger partial charge in [0.25, 0.3) is 0 Å². The molecule has 1 amide bonds. The molecule has 0 aliphatic carbocycles. The number of nitrogens with one attached hydrogen (secondary N) is 1. The topological polar surface area (TPSA) is 29.1 Å². The maximum atomic E-state index is 9.76. The van der Waals surface area contributed by atoms with Crippen molar-refractivity contribution in [2.45, 2.75) is 0 Å². The molecule has 80 valence electrons. The van der Waals surface area contributed by atoms with E-state index in [4.69, 9.17) is 0 Å². The van der Waals surface area contributed by atoms with E-state index in [-0.39, 0.29) is 17.1 Å². The first kappa shape index (κ1) is 12.7. The standard InChI is InChI=1S/C6H6NO.C5H5.Fe/c8-5-7-6-3-1-2-4-6;1-2-4-5-3-1;/h1-5H,(H,7,8);1-5H;/q-1;-5;. The number of rotatable bonds is 2. The van der Waals surface area contributed by atoms with E-state index in [2.05, 4.69) is 5.32 Å². The smallest absolute Gasteiger partial charge is 0.136 e. The van der Waals surface area contributed by atoms with E-state index in [0.29, 0.717) is 6.41 Å². The summed E-state index contributed by atoms with van der Waals surface area (Å²) in [4.78, 5) is 9.76. The summed E-state index contributed by atoms with van der Waals surface area (Å²) in [6.07, 6.45) is 0.662. The molecule has 2 aromatic rings. The quantitative estimate of drug-likeness (QED) is 0.478. The Hall–Kier alpha value is -1.31. The van der Waals surface area contributed by atoms with E-state index >= 15 is 0 Å². The average molecular weight is 229 g/mol. The van der Waals surface area contributed by atoms with Crippen molar-refractivity contribution in [3.63, 3.8) is 0 Å². The van der Waals surface area contributed by atoms with Crippen molar-refractivity contribution in [2.24, 2.45) is 0 Å². The van der Waals surface area contributed by atoms with Gasteiger partial charge in [-0.3, -0.25) is 0 Å². The van der Waals surface area contributed by atoms with E-state index in [0.717, 1.165) is 5.69 Å². The molecule has 2 aromatic carbocycles. The summed E-state index contributed by atoms with van der Waals surface area (Å²) < 4.78 is 0. The third kappa shape index (κ3) is 5.36. The molecule has 0 radical (unpaired) electrons. The van der Waals surface area contributed by atoms with Crippen LogP contribution in [0.15, 0.2) is 54.6 Å². The molecule has 0 aliphatic heterocycles. The first-order valence-corrected chi connectivity index (χ1v) is 4.02. The molecule has 0 bridgehead atoms. The van der Waals surface area contributed by atoms with Crippen LogP contribution in [0.2, 0.25) is 0 Å². The summed E-state index contributed by atoms with van der Waals surface area (Å²) in [6.45, 7) is 0. The zero-order chi connectivity index (χ0) is 9.36. The first-order valence-electron chi connectivity index (χ1n) is 4.02. The maximum absolute atomic E-state index is 9.76. The fourth-order valence-electron chi connectivity index (χ4n) is 0.859. The van der Waals surface area contributed by atoms with Crippen LogP contribution in [0.5, 0.6) is 0 Å². The van der Waals surface area contributed by atoms with Gasteiger partial charge < -0.3 is 40.4 Å². The van der Waals surface area contributed by atoms with Gasteiger partial charge in [0.1, 0.15) is 6.41 Å². The van der Waals surface area contributed by atoms with Gasteiger partial charge in [-0.05, 0) is 0 Å². The summed E-state index contributed by atoms with van der Waals surface area (Å²) in [5.41, 5.74) is 0.847. The van der Waals surface area contributed by atoms with E-state index in [9.17, 15) is 4.79 Å². The zero-order valence-corrected chi connectivity index (χ0v) is 8.64. The second kappa shape index (κ2) is 8.30. The average Bonchev–Trinajstić information content (AvgIpc) is 2.79. The number of carbonyl (C=O) groups excluding carboxylic acids is 1. The number of anilines is 1. The van der Waals surface area contributed by atoms with E-state index in [1.807, 2.05) is 54.6 Å². The second-order valence-corrected chi connectivity index (χ2v) is 2.40. The number of hydrogen-bond acceptors (Lipinski definition) is 1. The molecule has 1 N–H and O–H groups in total. The van der Waals surface area contributed by atoms with Crippen LogP contribution in [0.1, 0.15) is 0 Å². The molecule has 14 heavy (non-hydrogen) atoms. The maximum Gasteiger partial charge on any atom is 0.136 e. The minimum atomic E-state index is 0. The summed E-state index contributed by atoms with van der Waals surface area (Å²) in [7, 11) is 0. The van der Waals surface area contributed by atoms with Gasteiger partial charge >= 0.3 is 0 Å². The normalized spacial score (nSPS) is 7.71. The molecule has 2 rings (SSSR count). The van der Waals surface area contributed by atoms with Gasteiger partial charge in [0.2, 0.25) is 0 Å². The molecule has 0 heterocycles. The molecule has 0 spiro atoms. The fourth-order valence-corrected chi connectivity index (χ4v) is 0.859. The Morgan fingerprint density at radius 2 is 1.43 bits per heavy atom. The minimum Gasteiger partial charge on any atom is -0.748 e. The van der Waals surface area contributed by atoms with Crippen LogP contribution in [0.25, 0.3) is 0 Å². The molecule has 2 nitrogen and oxygen atoms in total. The molecule has 0 aliphatic rings. The van der Waals surface area contributed by atoms with Crippen molar-refractivity contribution in [3.05, 3.63) is 54.6 Å². The Morgan fingerprint density at radius 1 is 1.00 bits per heavy atom. The Kier molecular flexibility index (Phi) is 7.52. The van der Waals surface area contributed by atoms with Crippen LogP contribution in [-0.2, 0) is 21.9 Å². The van der Waals surface area contributed by atoms with Crippen LogP contribution < -0.4 is 5.32 Å². The van der Waals surface area contributed by atoms with Crippen molar-refractivity contribution < 1.29 is 21.9 Å². The monoisotopic (exact) mass is 229 g/mol. The Labute approximate surface area is 94.1 Å². The van der Waals surface area contributed by atoms with Crippen LogP contribution in [0, 0.1) is 0 Å². The van der Waals surface area contributed by atoms with Gasteiger partial charge in [0.05, 0.1) is 0 Å². The second-order valence-electron chi connectivity index (χ2n) is 2.40. The van der Waals surface area contributed by atoms with E-state index in [1.165, 1.54) is 0 Å². The van der Waals surface area contributed by atoms with Crippen molar-refractivity contribution in [1.29, 1.82) is 0 Å². The van der Waals surface area contributed by atoms with Crippen LogP contribution in [0.4, 0.5) is 5.69 Å². The largest absolute Gasteiger partial charge is 0.748 e. The Morgan fingerprint density at radius 3 is 1.79 bits per heavy atom. The molecule has 0 unspecified atom stereocenters. The number of carbonyl (C=O) groups is 1. The Balaban J connectivity index is 0.000000246. The fraction of sp³-hybridized carbons (Fsp3) is 0. The van der Waals surface area contributed by atoms with Gasteiger partial charge in [-0.1, -0.05) is 5.69 Å². The number of hydrogen-bond donors (Lipinski definition) is 1. The predicted octanol–water partition coefficient (Wildman–Crippen LogP) is 2.38. The van der Waals surface area contributed by atoms with E-state index < -0.39 is 0 Å². The van der Waals surface area contributed by atoms with Crippen molar-refractivity contribution in [2.75, 3.05) is 5.32 Å². The third-order valence-electron chi connectivity index (χ3n) is 1.44. The van der Waals surface area contributed by atoms with Crippen molar-refractivity contribution >= 4 is 12.1 Å². The molecular formula is C11H11FeNO-6. The van der Waals surface area contributed by atoms with Gasteiger partial charge in [0.15, 0.2) is 0 Å². The molecule has 0 saturated heterocycles. The minimum absolute atomic E-state index is 0. The third-order valence-corrected chi connectivity index (χ3v) is 1.44. The van der Waals surface area contributed by atoms with Crippen LogP contribution >= 0.6 is 0 Å². The predicted molar refractivity (Wildman–Crippen MR) is 53.8 cm³/mol. The molecule has 3 heteroatoms. The van der Waals surface area contributed by atoms with E-state index in [1.54, 1.807) is 0 Å².